The highest BCUT2D eigenvalue weighted by molar-refractivity contribution is 5.98. The van der Waals surface area contributed by atoms with E-state index in [0.29, 0.717) is 17.9 Å². The standard InChI is InChI=1S/C12H15NO4/c1-3-17-10-7-5-4-6-9(10)11(14)13-8(2)12(15)16/h4-8H,3H2,1-2H3,(H,13,14)(H,15,16)/t8-/m1/s1. The third kappa shape index (κ3) is 3.48. The summed E-state index contributed by atoms with van der Waals surface area (Å²) in [6, 6.07) is 5.78. The fourth-order valence-corrected chi connectivity index (χ4v) is 1.27. The zero-order valence-electron chi connectivity index (χ0n) is 9.77. The molecule has 0 aliphatic rings. The van der Waals surface area contributed by atoms with Crippen LogP contribution in [-0.4, -0.2) is 29.6 Å². The number of aliphatic carboxylic acids is 1. The Balaban J connectivity index is 2.84. The molecule has 0 heterocycles. The minimum atomic E-state index is -1.08. The Morgan fingerprint density at radius 3 is 2.65 bits per heavy atom. The van der Waals surface area contributed by atoms with Gasteiger partial charge in [-0.1, -0.05) is 12.1 Å². The summed E-state index contributed by atoms with van der Waals surface area (Å²) in [4.78, 5) is 22.4. The number of carboxylic acids is 1. The normalized spacial score (nSPS) is 11.6. The van der Waals surface area contributed by atoms with Gasteiger partial charge in [-0.25, -0.2) is 0 Å². The van der Waals surface area contributed by atoms with Crippen LogP contribution in [0.5, 0.6) is 5.75 Å². The first-order chi connectivity index (χ1) is 8.06. The Morgan fingerprint density at radius 1 is 1.41 bits per heavy atom. The van der Waals surface area contributed by atoms with Crippen molar-refractivity contribution in [3.63, 3.8) is 0 Å². The van der Waals surface area contributed by atoms with E-state index in [4.69, 9.17) is 9.84 Å². The van der Waals surface area contributed by atoms with Gasteiger partial charge in [-0.15, -0.1) is 0 Å². The summed E-state index contributed by atoms with van der Waals surface area (Å²) in [7, 11) is 0. The molecule has 5 nitrogen and oxygen atoms in total. The molecule has 0 unspecified atom stereocenters. The molecule has 0 bridgehead atoms. The van der Waals surface area contributed by atoms with E-state index in [9.17, 15) is 9.59 Å². The van der Waals surface area contributed by atoms with E-state index < -0.39 is 17.9 Å². The van der Waals surface area contributed by atoms with Crippen LogP contribution < -0.4 is 10.1 Å². The average molecular weight is 237 g/mol. The molecule has 1 aromatic rings. The number of carbonyl (C=O) groups is 2. The van der Waals surface area contributed by atoms with Gasteiger partial charge in [-0.3, -0.25) is 9.59 Å². The van der Waals surface area contributed by atoms with Crippen molar-refractivity contribution in [2.75, 3.05) is 6.61 Å². The van der Waals surface area contributed by atoms with Crippen molar-refractivity contribution in [3.05, 3.63) is 29.8 Å². The van der Waals surface area contributed by atoms with E-state index in [1.807, 2.05) is 6.92 Å². The number of carbonyl (C=O) groups excluding carboxylic acids is 1. The number of para-hydroxylation sites is 1. The number of amides is 1. The summed E-state index contributed by atoms with van der Waals surface area (Å²) in [6.07, 6.45) is 0. The Bertz CT molecular complexity index is 417. The Hall–Kier alpha value is -2.04. The number of rotatable bonds is 5. The Kier molecular flexibility index (Phi) is 4.51. The van der Waals surface area contributed by atoms with Gasteiger partial charge < -0.3 is 15.2 Å². The van der Waals surface area contributed by atoms with Gasteiger partial charge >= 0.3 is 5.97 Å². The molecule has 5 heteroatoms. The van der Waals surface area contributed by atoms with E-state index in [0.717, 1.165) is 0 Å². The highest BCUT2D eigenvalue weighted by Gasteiger charge is 2.17. The number of hydrogen-bond donors (Lipinski definition) is 2. The SMILES string of the molecule is CCOc1ccccc1C(=O)N[C@H](C)C(=O)O. The van der Waals surface area contributed by atoms with Crippen LogP contribution in [0.3, 0.4) is 0 Å². The largest absolute Gasteiger partial charge is 0.493 e. The summed E-state index contributed by atoms with van der Waals surface area (Å²) in [6.45, 7) is 3.66. The van der Waals surface area contributed by atoms with Gasteiger partial charge in [-0.2, -0.15) is 0 Å². The van der Waals surface area contributed by atoms with Crippen LogP contribution in [0.2, 0.25) is 0 Å². The monoisotopic (exact) mass is 237 g/mol. The summed E-state index contributed by atoms with van der Waals surface area (Å²) < 4.78 is 5.29. The first-order valence-corrected chi connectivity index (χ1v) is 5.31. The lowest BCUT2D eigenvalue weighted by molar-refractivity contribution is -0.138. The first kappa shape index (κ1) is 13.0. The lowest BCUT2D eigenvalue weighted by Crippen LogP contribution is -2.38. The maximum absolute atomic E-state index is 11.8. The molecule has 92 valence electrons. The smallest absolute Gasteiger partial charge is 0.325 e. The van der Waals surface area contributed by atoms with Gasteiger partial charge in [0.25, 0.3) is 5.91 Å². The first-order valence-electron chi connectivity index (χ1n) is 5.31. The van der Waals surface area contributed by atoms with Crippen LogP contribution in [-0.2, 0) is 4.79 Å². The highest BCUT2D eigenvalue weighted by atomic mass is 16.5. The summed E-state index contributed by atoms with van der Waals surface area (Å²) in [5, 5.41) is 11.1. The second-order valence-electron chi connectivity index (χ2n) is 3.46. The van der Waals surface area contributed by atoms with E-state index in [2.05, 4.69) is 5.32 Å². The predicted octanol–water partition coefficient (Wildman–Crippen LogP) is 1.29. The molecule has 0 radical (unpaired) electrons. The van der Waals surface area contributed by atoms with Gasteiger partial charge in [0.15, 0.2) is 0 Å². The molecule has 0 aromatic heterocycles. The summed E-state index contributed by atoms with van der Waals surface area (Å²) in [5.41, 5.74) is 0.336. The number of benzene rings is 1. The second kappa shape index (κ2) is 5.89. The molecule has 2 N–H and O–H groups in total. The van der Waals surface area contributed by atoms with Crippen LogP contribution >= 0.6 is 0 Å². The fraction of sp³-hybridized carbons (Fsp3) is 0.333. The van der Waals surface area contributed by atoms with Crippen LogP contribution in [0.1, 0.15) is 24.2 Å². The van der Waals surface area contributed by atoms with Crippen molar-refractivity contribution in [2.45, 2.75) is 19.9 Å². The van der Waals surface area contributed by atoms with E-state index >= 15 is 0 Å². The van der Waals surface area contributed by atoms with Crippen LogP contribution in [0.25, 0.3) is 0 Å². The Morgan fingerprint density at radius 2 is 2.06 bits per heavy atom. The van der Waals surface area contributed by atoms with Crippen LogP contribution in [0.4, 0.5) is 0 Å². The van der Waals surface area contributed by atoms with E-state index in [1.165, 1.54) is 6.92 Å². The maximum Gasteiger partial charge on any atom is 0.325 e. The molecule has 17 heavy (non-hydrogen) atoms. The minimum absolute atomic E-state index is 0.336. The van der Waals surface area contributed by atoms with E-state index in [-0.39, 0.29) is 0 Å². The van der Waals surface area contributed by atoms with Gasteiger partial charge in [0.1, 0.15) is 11.8 Å². The van der Waals surface area contributed by atoms with Crippen molar-refractivity contribution in [2.24, 2.45) is 0 Å². The molecular formula is C12H15NO4. The lowest BCUT2D eigenvalue weighted by atomic mass is 10.1. The van der Waals surface area contributed by atoms with Crippen molar-refractivity contribution in [1.82, 2.24) is 5.32 Å². The number of ether oxygens (including phenoxy) is 1. The molecule has 1 rings (SSSR count). The molecule has 0 aliphatic carbocycles. The molecule has 0 saturated carbocycles. The van der Waals surface area contributed by atoms with Gasteiger partial charge in [-0.05, 0) is 26.0 Å². The molecule has 1 atom stereocenters. The third-order valence-electron chi connectivity index (χ3n) is 2.15. The molecule has 1 aromatic carbocycles. The predicted molar refractivity (Wildman–Crippen MR) is 62.2 cm³/mol. The summed E-state index contributed by atoms with van der Waals surface area (Å²) in [5.74, 6) is -1.08. The maximum atomic E-state index is 11.8. The summed E-state index contributed by atoms with van der Waals surface area (Å²) >= 11 is 0. The van der Waals surface area contributed by atoms with Crippen LogP contribution in [0, 0.1) is 0 Å². The zero-order chi connectivity index (χ0) is 12.8. The van der Waals surface area contributed by atoms with Crippen molar-refractivity contribution >= 4 is 11.9 Å². The van der Waals surface area contributed by atoms with Crippen molar-refractivity contribution in [3.8, 4) is 5.75 Å². The molecule has 0 aliphatic heterocycles. The molecule has 0 spiro atoms. The quantitative estimate of drug-likeness (QED) is 0.809. The zero-order valence-corrected chi connectivity index (χ0v) is 9.77. The average Bonchev–Trinajstić information content (AvgIpc) is 2.29. The number of nitrogens with one attached hydrogen (secondary N) is 1. The third-order valence-corrected chi connectivity index (χ3v) is 2.15. The topological polar surface area (TPSA) is 75.6 Å². The van der Waals surface area contributed by atoms with Gasteiger partial charge in [0, 0.05) is 0 Å². The van der Waals surface area contributed by atoms with Gasteiger partial charge in [0.05, 0.1) is 12.2 Å². The highest BCUT2D eigenvalue weighted by Crippen LogP contribution is 2.17. The number of hydrogen-bond acceptors (Lipinski definition) is 3. The molecular weight excluding hydrogens is 222 g/mol. The molecule has 1 amide bonds. The number of carboxylic acid groups (broad SMARTS) is 1. The molecule has 0 fully saturated rings. The molecule has 0 saturated heterocycles. The van der Waals surface area contributed by atoms with E-state index in [1.54, 1.807) is 24.3 Å². The van der Waals surface area contributed by atoms with Gasteiger partial charge in [0.2, 0.25) is 0 Å². The van der Waals surface area contributed by atoms with Crippen molar-refractivity contribution in [1.29, 1.82) is 0 Å². The second-order valence-corrected chi connectivity index (χ2v) is 3.46. The Labute approximate surface area is 99.4 Å². The fourth-order valence-electron chi connectivity index (χ4n) is 1.27. The van der Waals surface area contributed by atoms with Crippen molar-refractivity contribution < 1.29 is 19.4 Å². The van der Waals surface area contributed by atoms with Crippen LogP contribution in [0.15, 0.2) is 24.3 Å². The lowest BCUT2D eigenvalue weighted by Gasteiger charge is -2.12. The minimum Gasteiger partial charge on any atom is -0.493 e.